The number of benzene rings is 3. The van der Waals surface area contributed by atoms with Gasteiger partial charge in [0.15, 0.2) is 5.75 Å². The monoisotopic (exact) mass is 604 g/mol. The van der Waals surface area contributed by atoms with E-state index in [1.165, 1.54) is 18.0 Å². The van der Waals surface area contributed by atoms with Crippen LogP contribution in [0.1, 0.15) is 11.1 Å². The first-order valence-corrected chi connectivity index (χ1v) is 12.2. The smallest absolute Gasteiger partial charge is 0.250 e. The molecule has 160 valence electrons. The van der Waals surface area contributed by atoms with Gasteiger partial charge in [-0.1, -0.05) is 46.9 Å². The Balaban J connectivity index is 1.52. The van der Waals surface area contributed by atoms with E-state index >= 15 is 0 Å². The Hall–Kier alpha value is -1.45. The van der Waals surface area contributed by atoms with Crippen molar-refractivity contribution >= 4 is 81.3 Å². The van der Waals surface area contributed by atoms with Gasteiger partial charge in [0.05, 0.1) is 22.0 Å². The fraction of sp³-hybridized carbons (Fsp3) is 0.0909. The Bertz CT molecular complexity index is 1050. The SMILES string of the molecule is O=C(CSc1ccc(Cl)cc1)N/N=C\c1cc(Cl)c(OCc2ccc(I)cc2)c(Cl)c1. The maximum absolute atomic E-state index is 12.0. The van der Waals surface area contributed by atoms with Gasteiger partial charge in [-0.05, 0) is 82.2 Å². The molecule has 9 heteroatoms. The fourth-order valence-electron chi connectivity index (χ4n) is 2.42. The average Bonchev–Trinajstić information content (AvgIpc) is 2.74. The highest BCUT2D eigenvalue weighted by atomic mass is 127. The summed E-state index contributed by atoms with van der Waals surface area (Å²) in [5, 5.41) is 5.35. The van der Waals surface area contributed by atoms with E-state index in [4.69, 9.17) is 39.5 Å². The van der Waals surface area contributed by atoms with E-state index in [0.29, 0.717) is 33.0 Å². The molecule has 1 N–H and O–H groups in total. The summed E-state index contributed by atoms with van der Waals surface area (Å²) in [4.78, 5) is 12.9. The van der Waals surface area contributed by atoms with Gasteiger partial charge in [0.1, 0.15) is 6.61 Å². The van der Waals surface area contributed by atoms with Crippen molar-refractivity contribution in [3.05, 3.63) is 90.4 Å². The van der Waals surface area contributed by atoms with Crippen molar-refractivity contribution in [3.8, 4) is 5.75 Å². The van der Waals surface area contributed by atoms with Crippen LogP contribution in [0.15, 0.2) is 70.7 Å². The zero-order valence-electron chi connectivity index (χ0n) is 15.9. The van der Waals surface area contributed by atoms with Gasteiger partial charge in [-0.15, -0.1) is 11.8 Å². The van der Waals surface area contributed by atoms with Gasteiger partial charge in [-0.3, -0.25) is 4.79 Å². The lowest BCUT2D eigenvalue weighted by Crippen LogP contribution is -2.19. The predicted octanol–water partition coefficient (Wildman–Crippen LogP) is 7.07. The number of hydrogen-bond acceptors (Lipinski definition) is 4. The van der Waals surface area contributed by atoms with Crippen LogP contribution in [0.3, 0.4) is 0 Å². The molecule has 0 bridgehead atoms. The van der Waals surface area contributed by atoms with Crippen LogP contribution in [0.2, 0.25) is 15.1 Å². The summed E-state index contributed by atoms with van der Waals surface area (Å²) < 4.78 is 6.93. The van der Waals surface area contributed by atoms with Crippen molar-refractivity contribution < 1.29 is 9.53 Å². The zero-order valence-corrected chi connectivity index (χ0v) is 21.2. The van der Waals surface area contributed by atoms with Gasteiger partial charge in [0.25, 0.3) is 0 Å². The summed E-state index contributed by atoms with van der Waals surface area (Å²) in [7, 11) is 0. The Labute approximate surface area is 213 Å². The van der Waals surface area contributed by atoms with E-state index in [-0.39, 0.29) is 11.7 Å². The van der Waals surface area contributed by atoms with Gasteiger partial charge in [-0.25, -0.2) is 5.43 Å². The van der Waals surface area contributed by atoms with E-state index in [2.05, 4.69) is 33.1 Å². The van der Waals surface area contributed by atoms with Gasteiger partial charge in [0.2, 0.25) is 5.91 Å². The van der Waals surface area contributed by atoms with Crippen LogP contribution in [-0.2, 0) is 11.4 Å². The van der Waals surface area contributed by atoms with Gasteiger partial charge >= 0.3 is 0 Å². The number of amides is 1. The molecule has 0 spiro atoms. The molecule has 1 amide bonds. The third kappa shape index (κ3) is 7.88. The predicted molar refractivity (Wildman–Crippen MR) is 138 cm³/mol. The molecule has 0 aliphatic heterocycles. The minimum absolute atomic E-state index is 0.228. The number of carbonyl (C=O) groups is 1. The van der Waals surface area contributed by atoms with Crippen molar-refractivity contribution in [1.29, 1.82) is 0 Å². The van der Waals surface area contributed by atoms with Crippen LogP contribution < -0.4 is 10.2 Å². The topological polar surface area (TPSA) is 50.7 Å². The third-order valence-corrected chi connectivity index (χ3v) is 6.45. The number of nitrogens with zero attached hydrogens (tertiary/aromatic N) is 1. The number of carbonyl (C=O) groups excluding carboxylic acids is 1. The second-order valence-corrected chi connectivity index (χ2v) is 9.81. The van der Waals surface area contributed by atoms with Gasteiger partial charge < -0.3 is 4.74 Å². The Kier molecular flexibility index (Phi) is 9.34. The molecule has 4 nitrogen and oxygen atoms in total. The number of ether oxygens (including phenoxy) is 1. The largest absolute Gasteiger partial charge is 0.486 e. The first-order chi connectivity index (χ1) is 14.9. The summed E-state index contributed by atoms with van der Waals surface area (Å²) in [6.45, 7) is 0.352. The number of halogens is 4. The first kappa shape index (κ1) is 24.2. The molecule has 0 aliphatic carbocycles. The molecular formula is C22H16Cl3IN2O2S. The second-order valence-electron chi connectivity index (χ2n) is 6.26. The van der Waals surface area contributed by atoms with Gasteiger partial charge in [0, 0.05) is 13.5 Å². The van der Waals surface area contributed by atoms with Crippen molar-refractivity contribution in [2.24, 2.45) is 5.10 Å². The maximum Gasteiger partial charge on any atom is 0.250 e. The fourth-order valence-corrected chi connectivity index (χ4v) is 4.21. The molecule has 0 unspecified atom stereocenters. The molecule has 0 radical (unpaired) electrons. The third-order valence-electron chi connectivity index (χ3n) is 3.90. The van der Waals surface area contributed by atoms with Crippen molar-refractivity contribution in [2.45, 2.75) is 11.5 Å². The normalized spacial score (nSPS) is 11.0. The number of rotatable bonds is 8. The summed E-state index contributed by atoms with van der Waals surface area (Å²) in [5.41, 5.74) is 4.14. The standard InChI is InChI=1S/C22H16Cl3IN2O2S/c23-16-3-7-18(8-4-16)31-13-21(29)28-27-11-15-9-19(24)22(20(25)10-15)30-12-14-1-5-17(26)6-2-14/h1-11H,12-13H2,(H,28,29)/b27-11-. The lowest BCUT2D eigenvalue weighted by Gasteiger charge is -2.11. The first-order valence-electron chi connectivity index (χ1n) is 8.97. The molecule has 3 rings (SSSR count). The van der Waals surface area contributed by atoms with Gasteiger partial charge in [-0.2, -0.15) is 5.10 Å². The summed E-state index contributed by atoms with van der Waals surface area (Å²) in [6, 6.07) is 18.6. The summed E-state index contributed by atoms with van der Waals surface area (Å²) in [5.74, 6) is 0.402. The number of nitrogens with one attached hydrogen (secondary N) is 1. The minimum atomic E-state index is -0.231. The highest BCUT2D eigenvalue weighted by molar-refractivity contribution is 14.1. The lowest BCUT2D eigenvalue weighted by molar-refractivity contribution is -0.118. The summed E-state index contributed by atoms with van der Waals surface area (Å²) in [6.07, 6.45) is 1.48. The highest BCUT2D eigenvalue weighted by Gasteiger charge is 2.10. The minimum Gasteiger partial charge on any atom is -0.486 e. The lowest BCUT2D eigenvalue weighted by atomic mass is 10.2. The van der Waals surface area contributed by atoms with Crippen LogP contribution >= 0.6 is 69.2 Å². The highest BCUT2D eigenvalue weighted by Crippen LogP contribution is 2.34. The van der Waals surface area contributed by atoms with Crippen LogP contribution in [0.5, 0.6) is 5.75 Å². The van der Waals surface area contributed by atoms with E-state index in [1.807, 2.05) is 36.4 Å². The number of hydrogen-bond donors (Lipinski definition) is 1. The van der Waals surface area contributed by atoms with E-state index in [1.54, 1.807) is 24.3 Å². The molecule has 0 fully saturated rings. The van der Waals surface area contributed by atoms with Crippen LogP contribution in [0, 0.1) is 3.57 Å². The average molecular weight is 606 g/mol. The second kappa shape index (κ2) is 12.0. The zero-order chi connectivity index (χ0) is 22.2. The number of thioether (sulfide) groups is 1. The molecule has 0 saturated carbocycles. The molecule has 0 heterocycles. The van der Waals surface area contributed by atoms with E-state index < -0.39 is 0 Å². The Morgan fingerprint density at radius 2 is 1.68 bits per heavy atom. The quantitative estimate of drug-likeness (QED) is 0.129. The molecule has 0 saturated heterocycles. The van der Waals surface area contributed by atoms with Crippen molar-refractivity contribution in [3.63, 3.8) is 0 Å². The Morgan fingerprint density at radius 1 is 1.03 bits per heavy atom. The van der Waals surface area contributed by atoms with Crippen LogP contribution in [-0.4, -0.2) is 17.9 Å². The molecule has 3 aromatic rings. The number of hydrazone groups is 1. The van der Waals surface area contributed by atoms with E-state index in [0.717, 1.165) is 14.0 Å². The Morgan fingerprint density at radius 3 is 2.32 bits per heavy atom. The van der Waals surface area contributed by atoms with Crippen LogP contribution in [0.25, 0.3) is 0 Å². The van der Waals surface area contributed by atoms with Crippen LogP contribution in [0.4, 0.5) is 0 Å². The molecule has 0 aromatic heterocycles. The molecule has 0 aliphatic rings. The summed E-state index contributed by atoms with van der Waals surface area (Å²) >= 11 is 22.1. The molecule has 3 aromatic carbocycles. The molecule has 0 atom stereocenters. The van der Waals surface area contributed by atoms with E-state index in [9.17, 15) is 4.79 Å². The molecule has 31 heavy (non-hydrogen) atoms. The molecular weight excluding hydrogens is 590 g/mol. The van der Waals surface area contributed by atoms with Crippen molar-refractivity contribution in [2.75, 3.05) is 5.75 Å². The van der Waals surface area contributed by atoms with Crippen molar-refractivity contribution in [1.82, 2.24) is 5.43 Å². The maximum atomic E-state index is 12.0.